The van der Waals surface area contributed by atoms with Gasteiger partial charge in [0.25, 0.3) is 0 Å². The Bertz CT molecular complexity index is 492. The Morgan fingerprint density at radius 3 is 1.57 bits per heavy atom. The van der Waals surface area contributed by atoms with Crippen LogP contribution in [0.1, 0.15) is 129 Å². The quantitative estimate of drug-likeness (QED) is 0.133. The van der Waals surface area contributed by atoms with Crippen LogP contribution in [0.15, 0.2) is 0 Å². The molecule has 0 unspecified atom stereocenters. The highest BCUT2D eigenvalue weighted by molar-refractivity contribution is 5.69. The maximum atomic E-state index is 11.3. The van der Waals surface area contributed by atoms with Crippen LogP contribution in [-0.2, 0) is 9.53 Å². The molecule has 0 atom stereocenters. The maximum absolute atomic E-state index is 11.3. The summed E-state index contributed by atoms with van der Waals surface area (Å²) in [6, 6.07) is 0. The first-order valence-corrected chi connectivity index (χ1v) is 12.6. The molecule has 0 amide bonds. The number of carbonyl (C=O) groups is 1. The average Bonchev–Trinajstić information content (AvgIpc) is 2.75. The molecule has 0 heterocycles. The zero-order valence-corrected chi connectivity index (χ0v) is 19.7. The molecule has 0 spiro atoms. The van der Waals surface area contributed by atoms with Crippen molar-refractivity contribution in [3.8, 4) is 23.7 Å². The number of unbranched alkanes of at least 4 members (excludes halogenated alkanes) is 16. The first-order chi connectivity index (χ1) is 14.8. The molecule has 0 rings (SSSR count). The Kier molecular flexibility index (Phi) is 24.3. The molecule has 0 aromatic rings. The van der Waals surface area contributed by atoms with Gasteiger partial charge in [-0.1, -0.05) is 102 Å². The minimum Gasteiger partial charge on any atom is -0.464 e. The minimum absolute atomic E-state index is 0.120. The van der Waals surface area contributed by atoms with Crippen molar-refractivity contribution in [2.45, 2.75) is 129 Å². The molecule has 2 N–H and O–H groups in total. The van der Waals surface area contributed by atoms with E-state index in [0.29, 0.717) is 19.6 Å². The molecule has 0 saturated heterocycles. The lowest BCUT2D eigenvalue weighted by Gasteiger charge is -2.03. The van der Waals surface area contributed by atoms with Crippen LogP contribution in [0.5, 0.6) is 0 Å². The molecule has 3 heteroatoms. The zero-order valence-electron chi connectivity index (χ0n) is 19.7. The molecule has 0 aromatic carbocycles. The second kappa shape index (κ2) is 25.6. The summed E-state index contributed by atoms with van der Waals surface area (Å²) in [5.74, 6) is 12.2. The van der Waals surface area contributed by atoms with Crippen LogP contribution in [0.3, 0.4) is 0 Å². The van der Waals surface area contributed by atoms with Gasteiger partial charge in [-0.25, -0.2) is 0 Å². The summed E-state index contributed by atoms with van der Waals surface area (Å²) in [6.45, 7) is 3.01. The topological polar surface area (TPSA) is 52.3 Å². The number of ether oxygens (including phenoxy) is 1. The largest absolute Gasteiger partial charge is 0.464 e. The third-order valence-electron chi connectivity index (χ3n) is 5.21. The van der Waals surface area contributed by atoms with Crippen LogP contribution in [0.25, 0.3) is 0 Å². The monoisotopic (exact) mass is 417 g/mol. The van der Waals surface area contributed by atoms with Crippen LogP contribution in [0.2, 0.25) is 0 Å². The molecule has 0 saturated carbocycles. The van der Waals surface area contributed by atoms with Gasteiger partial charge in [-0.05, 0) is 31.1 Å². The summed E-state index contributed by atoms with van der Waals surface area (Å²) in [5.41, 5.74) is 5.30. The highest BCUT2D eigenvalue weighted by Crippen LogP contribution is 2.11. The molecule has 0 fully saturated rings. The first-order valence-electron chi connectivity index (χ1n) is 12.6. The van der Waals surface area contributed by atoms with Gasteiger partial charge in [0, 0.05) is 25.8 Å². The summed E-state index contributed by atoms with van der Waals surface area (Å²) in [7, 11) is 0. The van der Waals surface area contributed by atoms with Gasteiger partial charge in [0.15, 0.2) is 0 Å². The van der Waals surface area contributed by atoms with E-state index >= 15 is 0 Å². The lowest BCUT2D eigenvalue weighted by molar-refractivity contribution is -0.143. The number of esters is 1. The van der Waals surface area contributed by atoms with Crippen molar-refractivity contribution >= 4 is 5.97 Å². The molecule has 0 aliphatic rings. The highest BCUT2D eigenvalue weighted by Gasteiger charge is 2.01. The fourth-order valence-electron chi connectivity index (χ4n) is 3.35. The highest BCUT2D eigenvalue weighted by atomic mass is 16.5. The van der Waals surface area contributed by atoms with Crippen molar-refractivity contribution in [2.75, 3.05) is 13.2 Å². The van der Waals surface area contributed by atoms with Crippen LogP contribution in [0.4, 0.5) is 0 Å². The van der Waals surface area contributed by atoms with Gasteiger partial charge in [0.05, 0.1) is 0 Å². The number of rotatable bonds is 20. The number of hydrogen-bond acceptors (Lipinski definition) is 3. The third kappa shape index (κ3) is 24.6. The smallest absolute Gasteiger partial charge is 0.305 e. The van der Waals surface area contributed by atoms with Crippen LogP contribution in [-0.4, -0.2) is 19.1 Å². The number of nitrogens with two attached hydrogens (primary N) is 1. The summed E-state index contributed by atoms with van der Waals surface area (Å²) in [5, 5.41) is 0. The molecule has 30 heavy (non-hydrogen) atoms. The van der Waals surface area contributed by atoms with Crippen molar-refractivity contribution in [1.82, 2.24) is 0 Å². The van der Waals surface area contributed by atoms with E-state index in [1.165, 1.54) is 83.5 Å². The van der Waals surface area contributed by atoms with Crippen LogP contribution in [0, 0.1) is 23.7 Å². The van der Waals surface area contributed by atoms with Crippen molar-refractivity contribution in [3.05, 3.63) is 0 Å². The maximum Gasteiger partial charge on any atom is 0.305 e. The summed E-state index contributed by atoms with van der Waals surface area (Å²) in [4.78, 5) is 11.3. The number of carbonyl (C=O) groups excluding carboxylic acids is 1. The molecule has 172 valence electrons. The molecule has 3 nitrogen and oxygen atoms in total. The predicted octanol–water partition coefficient (Wildman–Crippen LogP) is 6.93. The van der Waals surface area contributed by atoms with Gasteiger partial charge in [-0.3, -0.25) is 4.79 Å². The van der Waals surface area contributed by atoms with Gasteiger partial charge < -0.3 is 10.5 Å². The van der Waals surface area contributed by atoms with Crippen molar-refractivity contribution in [3.63, 3.8) is 0 Å². The van der Waals surface area contributed by atoms with Gasteiger partial charge in [0.2, 0.25) is 0 Å². The van der Waals surface area contributed by atoms with E-state index in [-0.39, 0.29) is 5.97 Å². The van der Waals surface area contributed by atoms with Crippen LogP contribution >= 0.6 is 0 Å². The van der Waals surface area contributed by atoms with E-state index in [9.17, 15) is 4.79 Å². The standard InChI is InChI=1S/C27H47NO2/c1-2-3-4-5-6-7-8-9-10-11-12-13-14-15-16-17-18-19-20-21-22-23-24-27(29)30-26-25-28/h2-12,17-26,28H2,1H3. The second-order valence-corrected chi connectivity index (χ2v) is 8.17. The average molecular weight is 418 g/mol. The van der Waals surface area contributed by atoms with Gasteiger partial charge in [-0.15, -0.1) is 0 Å². The lowest BCUT2D eigenvalue weighted by atomic mass is 10.1. The van der Waals surface area contributed by atoms with Gasteiger partial charge >= 0.3 is 5.97 Å². The lowest BCUT2D eigenvalue weighted by Crippen LogP contribution is -2.13. The zero-order chi connectivity index (χ0) is 22.0. The van der Waals surface area contributed by atoms with Gasteiger partial charge in [-0.2, -0.15) is 0 Å². The molecular weight excluding hydrogens is 370 g/mol. The minimum atomic E-state index is -0.120. The Labute approximate surface area is 187 Å². The van der Waals surface area contributed by atoms with E-state index in [2.05, 4.69) is 30.6 Å². The Morgan fingerprint density at radius 1 is 0.667 bits per heavy atom. The predicted molar refractivity (Wildman–Crippen MR) is 129 cm³/mol. The second-order valence-electron chi connectivity index (χ2n) is 8.17. The fraction of sp³-hybridized carbons (Fsp3) is 0.815. The molecule has 0 radical (unpaired) electrons. The molecule has 0 aliphatic heterocycles. The van der Waals surface area contributed by atoms with E-state index in [1.54, 1.807) is 0 Å². The van der Waals surface area contributed by atoms with E-state index in [1.807, 2.05) is 0 Å². The van der Waals surface area contributed by atoms with Gasteiger partial charge in [0.1, 0.15) is 6.61 Å². The van der Waals surface area contributed by atoms with Crippen molar-refractivity contribution < 1.29 is 9.53 Å². The molecule has 0 aliphatic carbocycles. The molecule has 0 bridgehead atoms. The summed E-state index contributed by atoms with van der Waals surface area (Å²) >= 11 is 0. The summed E-state index contributed by atoms with van der Waals surface area (Å²) in [6.07, 6.45) is 22.9. The van der Waals surface area contributed by atoms with Crippen molar-refractivity contribution in [2.24, 2.45) is 5.73 Å². The third-order valence-corrected chi connectivity index (χ3v) is 5.21. The Hall–Kier alpha value is -1.45. The fourth-order valence-corrected chi connectivity index (χ4v) is 3.35. The van der Waals surface area contributed by atoms with E-state index < -0.39 is 0 Å². The Balaban J connectivity index is 3.28. The van der Waals surface area contributed by atoms with Crippen LogP contribution < -0.4 is 5.73 Å². The Morgan fingerprint density at radius 2 is 1.10 bits per heavy atom. The SMILES string of the molecule is CCCCCCCCCCCCC#CC#CCCCCCCCCC(=O)OCCN. The molecule has 0 aromatic heterocycles. The first kappa shape index (κ1) is 28.5. The summed E-state index contributed by atoms with van der Waals surface area (Å²) < 4.78 is 4.95. The van der Waals surface area contributed by atoms with Crippen molar-refractivity contribution in [1.29, 1.82) is 0 Å². The van der Waals surface area contributed by atoms with E-state index in [0.717, 1.165) is 32.1 Å². The van der Waals surface area contributed by atoms with E-state index in [4.69, 9.17) is 10.5 Å². The number of hydrogen-bond donors (Lipinski definition) is 1. The normalized spacial score (nSPS) is 10.1. The molecular formula is C27H47NO2.